The highest BCUT2D eigenvalue weighted by atomic mass is 35.5. The number of amides is 1. The first-order chi connectivity index (χ1) is 7.68. The number of aromatic nitrogens is 1. The van der Waals surface area contributed by atoms with E-state index in [0.717, 1.165) is 5.56 Å². The van der Waals surface area contributed by atoms with Gasteiger partial charge in [0.15, 0.2) is 5.69 Å². The molecule has 2 rings (SSSR count). The lowest BCUT2D eigenvalue weighted by molar-refractivity contribution is 0.101. The lowest BCUT2D eigenvalue weighted by Crippen LogP contribution is -2.13. The lowest BCUT2D eigenvalue weighted by Gasteiger charge is -2.07. The number of halogens is 1. The molecule has 0 spiro atoms. The van der Waals surface area contributed by atoms with Crippen LogP contribution < -0.4 is 5.32 Å². The summed E-state index contributed by atoms with van der Waals surface area (Å²) in [6, 6.07) is 6.81. The summed E-state index contributed by atoms with van der Waals surface area (Å²) in [5.41, 5.74) is 1.72. The quantitative estimate of drug-likeness (QED) is 0.872. The zero-order valence-electron chi connectivity index (χ0n) is 8.53. The number of hydrogen-bond donors (Lipinski definition) is 1. The molecule has 0 aliphatic heterocycles. The largest absolute Gasteiger partial charge is 0.364 e. The van der Waals surface area contributed by atoms with E-state index in [2.05, 4.69) is 15.0 Å². The van der Waals surface area contributed by atoms with E-state index in [0.29, 0.717) is 10.7 Å². The molecule has 1 aromatic carbocycles. The Hall–Kier alpha value is -1.81. The van der Waals surface area contributed by atoms with Crippen molar-refractivity contribution in [1.82, 2.24) is 5.16 Å². The minimum atomic E-state index is -0.320. The highest BCUT2D eigenvalue weighted by molar-refractivity contribution is 6.31. The first-order valence-electron chi connectivity index (χ1n) is 4.65. The minimum Gasteiger partial charge on any atom is -0.364 e. The van der Waals surface area contributed by atoms with Crippen molar-refractivity contribution < 1.29 is 9.32 Å². The van der Waals surface area contributed by atoms with Crippen LogP contribution in [0.3, 0.4) is 0 Å². The van der Waals surface area contributed by atoms with Crippen LogP contribution in [-0.4, -0.2) is 11.1 Å². The van der Waals surface area contributed by atoms with Gasteiger partial charge >= 0.3 is 0 Å². The van der Waals surface area contributed by atoms with Gasteiger partial charge in [0.1, 0.15) is 6.26 Å². The predicted molar refractivity (Wildman–Crippen MR) is 60.6 cm³/mol. The molecule has 0 saturated heterocycles. The van der Waals surface area contributed by atoms with Crippen LogP contribution in [0.5, 0.6) is 0 Å². The van der Waals surface area contributed by atoms with Crippen molar-refractivity contribution in [3.63, 3.8) is 0 Å². The zero-order valence-corrected chi connectivity index (χ0v) is 9.28. The first kappa shape index (κ1) is 10.7. The molecule has 0 bridgehead atoms. The molecule has 2 aromatic rings. The molecule has 0 aliphatic rings. The fourth-order valence-electron chi connectivity index (χ4n) is 1.26. The SMILES string of the molecule is Cc1c(Cl)cccc1NC(=O)c1ccon1. The van der Waals surface area contributed by atoms with E-state index in [-0.39, 0.29) is 11.6 Å². The van der Waals surface area contributed by atoms with Crippen molar-refractivity contribution in [2.45, 2.75) is 6.92 Å². The number of nitrogens with one attached hydrogen (secondary N) is 1. The molecule has 0 radical (unpaired) electrons. The van der Waals surface area contributed by atoms with Gasteiger partial charge in [-0.3, -0.25) is 4.79 Å². The third-order valence-corrected chi connectivity index (χ3v) is 2.60. The van der Waals surface area contributed by atoms with Crippen LogP contribution in [0.15, 0.2) is 35.1 Å². The van der Waals surface area contributed by atoms with Gasteiger partial charge in [-0.05, 0) is 24.6 Å². The topological polar surface area (TPSA) is 55.1 Å². The second-order valence-corrected chi connectivity index (χ2v) is 3.66. The zero-order chi connectivity index (χ0) is 11.5. The molecule has 0 fully saturated rings. The molecule has 1 aromatic heterocycles. The summed E-state index contributed by atoms with van der Waals surface area (Å²) in [5.74, 6) is -0.320. The minimum absolute atomic E-state index is 0.236. The maximum absolute atomic E-state index is 11.7. The van der Waals surface area contributed by atoms with E-state index in [9.17, 15) is 4.79 Å². The molecule has 82 valence electrons. The normalized spacial score (nSPS) is 10.1. The summed E-state index contributed by atoms with van der Waals surface area (Å²) in [4.78, 5) is 11.7. The average molecular weight is 237 g/mol. The summed E-state index contributed by atoms with van der Waals surface area (Å²) >= 11 is 5.94. The Balaban J connectivity index is 2.22. The van der Waals surface area contributed by atoms with Gasteiger partial charge in [0.2, 0.25) is 0 Å². The second-order valence-electron chi connectivity index (χ2n) is 3.25. The molecular weight excluding hydrogens is 228 g/mol. The van der Waals surface area contributed by atoms with E-state index in [4.69, 9.17) is 11.6 Å². The summed E-state index contributed by atoms with van der Waals surface area (Å²) in [6.45, 7) is 1.83. The van der Waals surface area contributed by atoms with Crippen molar-refractivity contribution in [3.05, 3.63) is 46.8 Å². The van der Waals surface area contributed by atoms with Gasteiger partial charge in [-0.1, -0.05) is 22.8 Å². The van der Waals surface area contributed by atoms with E-state index in [1.807, 2.05) is 6.92 Å². The van der Waals surface area contributed by atoms with Crippen molar-refractivity contribution in [2.24, 2.45) is 0 Å². The number of nitrogens with zero attached hydrogens (tertiary/aromatic N) is 1. The molecule has 0 atom stereocenters. The van der Waals surface area contributed by atoms with E-state index in [1.165, 1.54) is 12.3 Å². The number of anilines is 1. The third kappa shape index (κ3) is 2.06. The highest BCUT2D eigenvalue weighted by Crippen LogP contribution is 2.23. The Labute approximate surface area is 97.2 Å². The molecule has 1 N–H and O–H groups in total. The summed E-state index contributed by atoms with van der Waals surface area (Å²) in [6.07, 6.45) is 1.35. The molecular formula is C11H9ClN2O2. The Morgan fingerprint density at radius 1 is 1.44 bits per heavy atom. The maximum atomic E-state index is 11.7. The van der Waals surface area contributed by atoms with Crippen LogP contribution in [0, 0.1) is 6.92 Å². The number of carbonyl (C=O) groups excluding carboxylic acids is 1. The number of rotatable bonds is 2. The van der Waals surface area contributed by atoms with Crippen molar-refractivity contribution >= 4 is 23.2 Å². The highest BCUT2D eigenvalue weighted by Gasteiger charge is 2.11. The monoisotopic (exact) mass is 236 g/mol. The van der Waals surface area contributed by atoms with Crippen LogP contribution in [0.1, 0.15) is 16.1 Å². The van der Waals surface area contributed by atoms with Crippen LogP contribution in [-0.2, 0) is 0 Å². The van der Waals surface area contributed by atoms with E-state index >= 15 is 0 Å². The first-order valence-corrected chi connectivity index (χ1v) is 5.03. The Bertz CT molecular complexity index is 509. The van der Waals surface area contributed by atoms with E-state index in [1.54, 1.807) is 18.2 Å². The van der Waals surface area contributed by atoms with Gasteiger partial charge in [-0.15, -0.1) is 0 Å². The molecule has 16 heavy (non-hydrogen) atoms. The maximum Gasteiger partial charge on any atom is 0.277 e. The fraction of sp³-hybridized carbons (Fsp3) is 0.0909. The lowest BCUT2D eigenvalue weighted by atomic mass is 10.2. The van der Waals surface area contributed by atoms with Gasteiger partial charge in [-0.2, -0.15) is 0 Å². The summed E-state index contributed by atoms with van der Waals surface area (Å²) < 4.78 is 4.59. The Kier molecular flexibility index (Phi) is 2.92. The molecule has 4 nitrogen and oxygen atoms in total. The van der Waals surface area contributed by atoms with Crippen LogP contribution in [0.25, 0.3) is 0 Å². The van der Waals surface area contributed by atoms with Crippen molar-refractivity contribution in [1.29, 1.82) is 0 Å². The van der Waals surface area contributed by atoms with E-state index < -0.39 is 0 Å². The second kappa shape index (κ2) is 4.37. The number of hydrogen-bond acceptors (Lipinski definition) is 3. The van der Waals surface area contributed by atoms with Gasteiger partial charge in [-0.25, -0.2) is 0 Å². The smallest absolute Gasteiger partial charge is 0.277 e. The number of carbonyl (C=O) groups is 1. The van der Waals surface area contributed by atoms with Crippen molar-refractivity contribution in [3.8, 4) is 0 Å². The molecule has 0 aliphatic carbocycles. The van der Waals surface area contributed by atoms with Crippen molar-refractivity contribution in [2.75, 3.05) is 5.32 Å². The Morgan fingerprint density at radius 3 is 2.94 bits per heavy atom. The van der Waals surface area contributed by atoms with Gasteiger partial charge in [0, 0.05) is 16.8 Å². The van der Waals surface area contributed by atoms with Crippen LogP contribution in [0.2, 0.25) is 5.02 Å². The van der Waals surface area contributed by atoms with Gasteiger partial charge in [0.25, 0.3) is 5.91 Å². The molecule has 0 saturated carbocycles. The van der Waals surface area contributed by atoms with Gasteiger partial charge in [0.05, 0.1) is 0 Å². The number of benzene rings is 1. The summed E-state index contributed by atoms with van der Waals surface area (Å²) in [5, 5.41) is 6.86. The Morgan fingerprint density at radius 2 is 2.25 bits per heavy atom. The molecule has 1 heterocycles. The van der Waals surface area contributed by atoms with Gasteiger partial charge < -0.3 is 9.84 Å². The molecule has 5 heteroatoms. The predicted octanol–water partition coefficient (Wildman–Crippen LogP) is 2.89. The fourth-order valence-corrected chi connectivity index (χ4v) is 1.43. The van der Waals surface area contributed by atoms with Crippen LogP contribution in [0.4, 0.5) is 5.69 Å². The average Bonchev–Trinajstić information content (AvgIpc) is 2.78. The molecule has 1 amide bonds. The standard InChI is InChI=1S/C11H9ClN2O2/c1-7-8(12)3-2-4-9(7)13-11(15)10-5-6-16-14-10/h2-6H,1H3,(H,13,15). The van der Waals surface area contributed by atoms with Crippen LogP contribution >= 0.6 is 11.6 Å². The molecule has 0 unspecified atom stereocenters. The summed E-state index contributed by atoms with van der Waals surface area (Å²) in [7, 11) is 0. The third-order valence-electron chi connectivity index (χ3n) is 2.19.